The lowest BCUT2D eigenvalue weighted by Gasteiger charge is -2.26. The molecule has 2 aliphatic heterocycles. The second kappa shape index (κ2) is 9.69. The number of benzene rings is 1. The predicted octanol–water partition coefficient (Wildman–Crippen LogP) is 4.44. The molecule has 0 aliphatic carbocycles. The van der Waals surface area contributed by atoms with Crippen LogP contribution >= 0.6 is 24.0 Å². The van der Waals surface area contributed by atoms with Gasteiger partial charge in [-0.15, -0.1) is 12.4 Å². The molecule has 7 heteroatoms. The number of fused-ring (bicyclic) bond motifs is 1. The third kappa shape index (κ3) is 4.91. The van der Waals surface area contributed by atoms with Crippen LogP contribution in [0.25, 0.3) is 0 Å². The van der Waals surface area contributed by atoms with Crippen LogP contribution in [0.1, 0.15) is 36.6 Å². The molecule has 0 amide bonds. The molecule has 2 aliphatic rings. The average Bonchev–Trinajstić information content (AvgIpc) is 3.30. The van der Waals surface area contributed by atoms with E-state index in [1.165, 1.54) is 12.8 Å². The number of hydrogen-bond donors (Lipinski definition) is 1. The number of furan rings is 1. The topological polar surface area (TPSA) is 46.9 Å². The summed E-state index contributed by atoms with van der Waals surface area (Å²) >= 11 is 6.39. The molecule has 2 aromatic rings. The molecule has 4 rings (SSSR count). The number of nitrogens with one attached hydrogen (secondary N) is 1. The highest BCUT2D eigenvalue weighted by Gasteiger charge is 2.25. The maximum absolute atomic E-state index is 6.39. The standard InChI is InChI=1S/C20H25ClN2O3.ClH/c21-16-11-15(12-19-20(16)26-10-4-9-25-19)13-22-14-17(18-5-3-8-24-18)23-6-1-2-7-23;/h3,5,8,11-12,17,22H,1-2,4,6-7,9-10,13-14H2;1H. The summed E-state index contributed by atoms with van der Waals surface area (Å²) in [6, 6.07) is 8.28. The van der Waals surface area contributed by atoms with Crippen LogP contribution in [-0.4, -0.2) is 37.7 Å². The van der Waals surface area contributed by atoms with Crippen LogP contribution in [-0.2, 0) is 6.54 Å². The first-order valence-corrected chi connectivity index (χ1v) is 9.75. The minimum Gasteiger partial charge on any atom is -0.489 e. The van der Waals surface area contributed by atoms with Gasteiger partial charge in [0.1, 0.15) is 5.76 Å². The van der Waals surface area contributed by atoms with Crippen LogP contribution < -0.4 is 14.8 Å². The van der Waals surface area contributed by atoms with Crippen molar-refractivity contribution < 1.29 is 13.9 Å². The van der Waals surface area contributed by atoms with Crippen LogP contribution in [0.15, 0.2) is 34.9 Å². The van der Waals surface area contributed by atoms with Gasteiger partial charge in [0.05, 0.1) is 30.5 Å². The highest BCUT2D eigenvalue weighted by molar-refractivity contribution is 6.32. The van der Waals surface area contributed by atoms with E-state index in [1.54, 1.807) is 6.26 Å². The molecule has 3 heterocycles. The number of hydrogen-bond acceptors (Lipinski definition) is 5. The van der Waals surface area contributed by atoms with Crippen molar-refractivity contribution in [2.24, 2.45) is 0 Å². The molecule has 1 aromatic heterocycles. The van der Waals surface area contributed by atoms with Gasteiger partial charge in [-0.1, -0.05) is 11.6 Å². The largest absolute Gasteiger partial charge is 0.489 e. The fraction of sp³-hybridized carbons (Fsp3) is 0.500. The van der Waals surface area contributed by atoms with Crippen LogP contribution in [0.3, 0.4) is 0 Å². The minimum absolute atomic E-state index is 0. The molecule has 0 saturated carbocycles. The van der Waals surface area contributed by atoms with Gasteiger partial charge in [0.2, 0.25) is 0 Å². The third-order valence-electron chi connectivity index (χ3n) is 4.98. The molecule has 1 atom stereocenters. The van der Waals surface area contributed by atoms with Crippen molar-refractivity contribution in [1.82, 2.24) is 10.2 Å². The summed E-state index contributed by atoms with van der Waals surface area (Å²) < 4.78 is 17.2. The van der Waals surface area contributed by atoms with E-state index in [0.29, 0.717) is 24.0 Å². The van der Waals surface area contributed by atoms with Crippen LogP contribution in [0.2, 0.25) is 5.02 Å². The Balaban J connectivity index is 0.00000210. The number of likely N-dealkylation sites (tertiary alicyclic amines) is 1. The van der Waals surface area contributed by atoms with Crippen LogP contribution in [0.5, 0.6) is 11.5 Å². The van der Waals surface area contributed by atoms with E-state index < -0.39 is 0 Å². The summed E-state index contributed by atoms with van der Waals surface area (Å²) in [5, 5.41) is 4.17. The lowest BCUT2D eigenvalue weighted by atomic mass is 10.1. The fourth-order valence-electron chi connectivity index (χ4n) is 3.68. The molecule has 1 N–H and O–H groups in total. The monoisotopic (exact) mass is 412 g/mol. The predicted molar refractivity (Wildman–Crippen MR) is 108 cm³/mol. The normalized spacial score (nSPS) is 18.0. The van der Waals surface area contributed by atoms with Gasteiger partial charge >= 0.3 is 0 Å². The molecular formula is C20H26Cl2N2O3. The highest BCUT2D eigenvalue weighted by atomic mass is 35.5. The Labute approximate surface area is 171 Å². The van der Waals surface area contributed by atoms with Crippen molar-refractivity contribution in [3.05, 3.63) is 46.9 Å². The lowest BCUT2D eigenvalue weighted by Crippen LogP contribution is -2.33. The maximum atomic E-state index is 6.39. The summed E-state index contributed by atoms with van der Waals surface area (Å²) in [5.41, 5.74) is 1.10. The second-order valence-corrected chi connectivity index (χ2v) is 7.27. The molecule has 1 unspecified atom stereocenters. The zero-order valence-corrected chi connectivity index (χ0v) is 16.9. The summed E-state index contributed by atoms with van der Waals surface area (Å²) in [6.07, 6.45) is 5.14. The van der Waals surface area contributed by atoms with Gasteiger partial charge in [0, 0.05) is 19.5 Å². The Hall–Kier alpha value is -1.40. The van der Waals surface area contributed by atoms with Gasteiger partial charge < -0.3 is 19.2 Å². The maximum Gasteiger partial charge on any atom is 0.179 e. The Bertz CT molecular complexity index is 718. The summed E-state index contributed by atoms with van der Waals surface area (Å²) in [5.74, 6) is 2.43. The summed E-state index contributed by atoms with van der Waals surface area (Å²) in [6.45, 7) is 5.12. The van der Waals surface area contributed by atoms with Gasteiger partial charge in [-0.25, -0.2) is 0 Å². The van der Waals surface area contributed by atoms with E-state index in [0.717, 1.165) is 49.7 Å². The molecule has 148 valence electrons. The molecular weight excluding hydrogens is 387 g/mol. The molecule has 0 spiro atoms. The molecule has 1 aromatic carbocycles. The van der Waals surface area contributed by atoms with E-state index >= 15 is 0 Å². The van der Waals surface area contributed by atoms with E-state index in [-0.39, 0.29) is 18.4 Å². The number of rotatable bonds is 6. The minimum atomic E-state index is 0. The Kier molecular flexibility index (Phi) is 7.30. The SMILES string of the molecule is Cl.Clc1cc(CNCC(c2ccco2)N2CCCC2)cc2c1OCCCO2. The Morgan fingerprint density at radius 2 is 1.93 bits per heavy atom. The van der Waals surface area contributed by atoms with Crippen molar-refractivity contribution in [2.45, 2.75) is 31.8 Å². The smallest absolute Gasteiger partial charge is 0.179 e. The zero-order valence-electron chi connectivity index (χ0n) is 15.3. The van der Waals surface area contributed by atoms with Gasteiger partial charge in [-0.2, -0.15) is 0 Å². The van der Waals surface area contributed by atoms with E-state index in [9.17, 15) is 0 Å². The fourth-order valence-corrected chi connectivity index (χ4v) is 3.97. The van der Waals surface area contributed by atoms with E-state index in [2.05, 4.69) is 16.3 Å². The summed E-state index contributed by atoms with van der Waals surface area (Å²) in [4.78, 5) is 2.49. The Morgan fingerprint density at radius 1 is 1.11 bits per heavy atom. The van der Waals surface area contributed by atoms with Crippen molar-refractivity contribution in [3.8, 4) is 11.5 Å². The first-order valence-electron chi connectivity index (χ1n) is 9.37. The third-order valence-corrected chi connectivity index (χ3v) is 5.26. The van der Waals surface area contributed by atoms with Crippen LogP contribution in [0, 0.1) is 0 Å². The van der Waals surface area contributed by atoms with Crippen LogP contribution in [0.4, 0.5) is 0 Å². The van der Waals surface area contributed by atoms with Crippen molar-refractivity contribution in [1.29, 1.82) is 0 Å². The highest BCUT2D eigenvalue weighted by Crippen LogP contribution is 2.38. The Morgan fingerprint density at radius 3 is 2.70 bits per heavy atom. The molecule has 27 heavy (non-hydrogen) atoms. The molecule has 0 radical (unpaired) electrons. The molecule has 1 saturated heterocycles. The van der Waals surface area contributed by atoms with Gasteiger partial charge in [0.15, 0.2) is 11.5 Å². The average molecular weight is 413 g/mol. The zero-order chi connectivity index (χ0) is 17.8. The van der Waals surface area contributed by atoms with Gasteiger partial charge in [0.25, 0.3) is 0 Å². The first-order chi connectivity index (χ1) is 12.8. The number of halogens is 2. The lowest BCUT2D eigenvalue weighted by molar-refractivity contribution is 0.209. The number of nitrogens with zero attached hydrogens (tertiary/aromatic N) is 1. The van der Waals surface area contributed by atoms with Crippen molar-refractivity contribution in [3.63, 3.8) is 0 Å². The summed E-state index contributed by atoms with van der Waals surface area (Å²) in [7, 11) is 0. The number of ether oxygens (including phenoxy) is 2. The molecule has 0 bridgehead atoms. The molecule has 5 nitrogen and oxygen atoms in total. The van der Waals surface area contributed by atoms with E-state index in [1.807, 2.05) is 18.2 Å². The van der Waals surface area contributed by atoms with Gasteiger partial charge in [-0.05, 0) is 55.8 Å². The second-order valence-electron chi connectivity index (χ2n) is 6.86. The van der Waals surface area contributed by atoms with Crippen molar-refractivity contribution in [2.75, 3.05) is 32.8 Å². The van der Waals surface area contributed by atoms with E-state index in [4.69, 9.17) is 25.5 Å². The van der Waals surface area contributed by atoms with Crippen molar-refractivity contribution >= 4 is 24.0 Å². The molecule has 1 fully saturated rings. The quantitative estimate of drug-likeness (QED) is 0.759. The first kappa shape index (κ1) is 20.3. The van der Waals surface area contributed by atoms with Gasteiger partial charge in [-0.3, -0.25) is 4.90 Å².